The van der Waals surface area contributed by atoms with Gasteiger partial charge in [-0.1, -0.05) is 43.2 Å². The summed E-state index contributed by atoms with van der Waals surface area (Å²) >= 11 is 1.69. The molecule has 0 saturated carbocycles. The SMILES string of the molecule is CCCc1cc(-c2csc(-c3ccc(C)cc3)n2)ccn1. The minimum atomic E-state index is 1.02. The average molecular weight is 294 g/mol. The molecule has 2 nitrogen and oxygen atoms in total. The molecule has 106 valence electrons. The molecule has 0 N–H and O–H groups in total. The van der Waals surface area contributed by atoms with Gasteiger partial charge in [0.2, 0.25) is 0 Å². The molecule has 21 heavy (non-hydrogen) atoms. The van der Waals surface area contributed by atoms with Crippen LogP contribution in [0.4, 0.5) is 0 Å². The second-order valence-corrected chi connectivity index (χ2v) is 6.05. The summed E-state index contributed by atoms with van der Waals surface area (Å²) < 4.78 is 0. The molecular formula is C18H18N2S. The van der Waals surface area contributed by atoms with Gasteiger partial charge in [-0.2, -0.15) is 0 Å². The molecule has 0 amide bonds. The van der Waals surface area contributed by atoms with Crippen molar-refractivity contribution in [2.24, 2.45) is 0 Å². The van der Waals surface area contributed by atoms with Crippen LogP contribution in [0.3, 0.4) is 0 Å². The average Bonchev–Trinajstić information content (AvgIpc) is 2.98. The third kappa shape index (κ3) is 3.19. The molecule has 2 heterocycles. The maximum atomic E-state index is 4.77. The van der Waals surface area contributed by atoms with Gasteiger partial charge in [0.05, 0.1) is 5.69 Å². The number of rotatable bonds is 4. The lowest BCUT2D eigenvalue weighted by atomic mass is 10.1. The van der Waals surface area contributed by atoms with E-state index in [4.69, 9.17) is 4.98 Å². The van der Waals surface area contributed by atoms with Gasteiger partial charge in [0.1, 0.15) is 5.01 Å². The molecule has 2 aromatic heterocycles. The molecule has 0 saturated heterocycles. The highest BCUT2D eigenvalue weighted by atomic mass is 32.1. The Morgan fingerprint density at radius 3 is 2.62 bits per heavy atom. The Morgan fingerprint density at radius 1 is 1.05 bits per heavy atom. The van der Waals surface area contributed by atoms with Crippen molar-refractivity contribution in [3.05, 3.63) is 59.2 Å². The summed E-state index contributed by atoms with van der Waals surface area (Å²) in [6.45, 7) is 4.27. The zero-order valence-electron chi connectivity index (χ0n) is 12.3. The lowest BCUT2D eigenvalue weighted by Gasteiger charge is -2.01. The Morgan fingerprint density at radius 2 is 1.86 bits per heavy atom. The van der Waals surface area contributed by atoms with Gasteiger partial charge in [0, 0.05) is 28.4 Å². The molecule has 0 aliphatic carbocycles. The first kappa shape index (κ1) is 14.0. The van der Waals surface area contributed by atoms with Crippen LogP contribution in [0.15, 0.2) is 48.0 Å². The second kappa shape index (κ2) is 6.19. The molecule has 3 heteroatoms. The molecule has 0 fully saturated rings. The number of aromatic nitrogens is 2. The number of pyridine rings is 1. The summed E-state index contributed by atoms with van der Waals surface area (Å²) in [7, 11) is 0. The summed E-state index contributed by atoms with van der Waals surface area (Å²) in [4.78, 5) is 9.18. The Labute approximate surface area is 129 Å². The van der Waals surface area contributed by atoms with Crippen LogP contribution in [-0.2, 0) is 6.42 Å². The van der Waals surface area contributed by atoms with E-state index in [-0.39, 0.29) is 0 Å². The van der Waals surface area contributed by atoms with Gasteiger partial charge in [0.15, 0.2) is 0 Å². The Kier molecular flexibility index (Phi) is 4.11. The van der Waals surface area contributed by atoms with Crippen molar-refractivity contribution in [2.75, 3.05) is 0 Å². The summed E-state index contributed by atoms with van der Waals surface area (Å²) in [5.74, 6) is 0. The normalized spacial score (nSPS) is 10.8. The number of nitrogens with zero attached hydrogens (tertiary/aromatic N) is 2. The Balaban J connectivity index is 1.91. The van der Waals surface area contributed by atoms with Gasteiger partial charge in [0.25, 0.3) is 0 Å². The van der Waals surface area contributed by atoms with E-state index in [1.54, 1.807) is 11.3 Å². The molecule has 0 atom stereocenters. The van der Waals surface area contributed by atoms with E-state index < -0.39 is 0 Å². The third-order valence-corrected chi connectivity index (χ3v) is 4.31. The molecule has 3 rings (SSSR count). The van der Waals surface area contributed by atoms with Crippen molar-refractivity contribution in [3.63, 3.8) is 0 Å². The summed E-state index contributed by atoms with van der Waals surface area (Å²) in [6.07, 6.45) is 4.01. The van der Waals surface area contributed by atoms with Crippen LogP contribution >= 0.6 is 11.3 Å². The maximum absolute atomic E-state index is 4.77. The highest BCUT2D eigenvalue weighted by Crippen LogP contribution is 2.29. The number of hydrogen-bond acceptors (Lipinski definition) is 3. The van der Waals surface area contributed by atoms with Crippen LogP contribution in [0.1, 0.15) is 24.6 Å². The lowest BCUT2D eigenvalue weighted by Crippen LogP contribution is -1.89. The van der Waals surface area contributed by atoms with Crippen LogP contribution in [-0.4, -0.2) is 9.97 Å². The minimum Gasteiger partial charge on any atom is -0.261 e. The molecule has 0 spiro atoms. The zero-order chi connectivity index (χ0) is 14.7. The van der Waals surface area contributed by atoms with E-state index >= 15 is 0 Å². The first-order chi connectivity index (χ1) is 10.3. The van der Waals surface area contributed by atoms with Crippen molar-refractivity contribution in [1.82, 2.24) is 9.97 Å². The van der Waals surface area contributed by atoms with Crippen LogP contribution in [0.5, 0.6) is 0 Å². The van der Waals surface area contributed by atoms with E-state index in [2.05, 4.69) is 54.5 Å². The number of aryl methyl sites for hydroxylation is 2. The molecule has 0 aliphatic rings. The van der Waals surface area contributed by atoms with Crippen LogP contribution in [0.2, 0.25) is 0 Å². The standard InChI is InChI=1S/C18H18N2S/c1-3-4-16-11-15(9-10-19-16)17-12-21-18(20-17)14-7-5-13(2)6-8-14/h5-12H,3-4H2,1-2H3. The number of thiazole rings is 1. The summed E-state index contributed by atoms with van der Waals surface area (Å²) in [5, 5.41) is 3.19. The first-order valence-corrected chi connectivity index (χ1v) is 8.12. The van der Waals surface area contributed by atoms with Gasteiger partial charge in [-0.3, -0.25) is 4.98 Å². The van der Waals surface area contributed by atoms with E-state index in [1.807, 2.05) is 12.3 Å². The highest BCUT2D eigenvalue weighted by molar-refractivity contribution is 7.13. The van der Waals surface area contributed by atoms with Crippen molar-refractivity contribution >= 4 is 11.3 Å². The van der Waals surface area contributed by atoms with E-state index in [9.17, 15) is 0 Å². The molecule has 0 unspecified atom stereocenters. The largest absolute Gasteiger partial charge is 0.261 e. The molecule has 0 aliphatic heterocycles. The van der Waals surface area contributed by atoms with E-state index in [0.717, 1.165) is 34.8 Å². The number of hydrogen-bond donors (Lipinski definition) is 0. The van der Waals surface area contributed by atoms with Gasteiger partial charge >= 0.3 is 0 Å². The molecule has 3 aromatic rings. The quantitative estimate of drug-likeness (QED) is 0.666. The fourth-order valence-corrected chi connectivity index (χ4v) is 3.10. The Hall–Kier alpha value is -2.00. The van der Waals surface area contributed by atoms with E-state index in [1.165, 1.54) is 11.1 Å². The molecular weight excluding hydrogens is 276 g/mol. The molecule has 0 bridgehead atoms. The molecule has 0 radical (unpaired) electrons. The molecule has 1 aromatic carbocycles. The zero-order valence-corrected chi connectivity index (χ0v) is 13.2. The van der Waals surface area contributed by atoms with Crippen LogP contribution in [0, 0.1) is 6.92 Å². The maximum Gasteiger partial charge on any atom is 0.124 e. The smallest absolute Gasteiger partial charge is 0.124 e. The lowest BCUT2D eigenvalue weighted by molar-refractivity contribution is 0.883. The predicted octanol–water partition coefficient (Wildman–Crippen LogP) is 5.13. The summed E-state index contributed by atoms with van der Waals surface area (Å²) in [5.41, 5.74) is 5.78. The van der Waals surface area contributed by atoms with Gasteiger partial charge in [-0.05, 0) is 25.5 Å². The van der Waals surface area contributed by atoms with Gasteiger partial charge in [-0.15, -0.1) is 11.3 Å². The monoisotopic (exact) mass is 294 g/mol. The van der Waals surface area contributed by atoms with Crippen LogP contribution in [0.25, 0.3) is 21.8 Å². The Bertz CT molecular complexity index is 729. The highest BCUT2D eigenvalue weighted by Gasteiger charge is 2.07. The predicted molar refractivity (Wildman–Crippen MR) is 89.5 cm³/mol. The van der Waals surface area contributed by atoms with Crippen LogP contribution < -0.4 is 0 Å². The van der Waals surface area contributed by atoms with E-state index in [0.29, 0.717) is 0 Å². The second-order valence-electron chi connectivity index (χ2n) is 5.19. The summed E-state index contributed by atoms with van der Waals surface area (Å²) in [6, 6.07) is 12.7. The first-order valence-electron chi connectivity index (χ1n) is 7.24. The topological polar surface area (TPSA) is 25.8 Å². The van der Waals surface area contributed by atoms with Crippen molar-refractivity contribution < 1.29 is 0 Å². The van der Waals surface area contributed by atoms with Gasteiger partial charge in [-0.25, -0.2) is 4.98 Å². The van der Waals surface area contributed by atoms with Crippen molar-refractivity contribution in [2.45, 2.75) is 26.7 Å². The van der Waals surface area contributed by atoms with Gasteiger partial charge < -0.3 is 0 Å². The van der Waals surface area contributed by atoms with Crippen molar-refractivity contribution in [3.8, 4) is 21.8 Å². The fourth-order valence-electron chi connectivity index (χ4n) is 2.27. The minimum absolute atomic E-state index is 1.02. The van der Waals surface area contributed by atoms with Crippen molar-refractivity contribution in [1.29, 1.82) is 0 Å². The number of benzene rings is 1. The fraction of sp³-hybridized carbons (Fsp3) is 0.222. The third-order valence-electron chi connectivity index (χ3n) is 3.42.